The molecule has 1 amide bonds. The van der Waals surface area contributed by atoms with Crippen molar-refractivity contribution in [2.45, 2.75) is 43.7 Å². The summed E-state index contributed by atoms with van der Waals surface area (Å²) >= 11 is 0. The van der Waals surface area contributed by atoms with Gasteiger partial charge in [-0.1, -0.05) is 32.0 Å². The summed E-state index contributed by atoms with van der Waals surface area (Å²) in [6.07, 6.45) is 1.71. The van der Waals surface area contributed by atoms with Crippen LogP contribution in [-0.2, 0) is 10.0 Å². The van der Waals surface area contributed by atoms with Crippen molar-refractivity contribution < 1.29 is 13.2 Å². The van der Waals surface area contributed by atoms with Crippen molar-refractivity contribution in [3.8, 4) is 0 Å². The van der Waals surface area contributed by atoms with Gasteiger partial charge in [0.25, 0.3) is 5.91 Å². The number of benzene rings is 2. The summed E-state index contributed by atoms with van der Waals surface area (Å²) in [4.78, 5) is 20.9. The zero-order valence-electron chi connectivity index (χ0n) is 16.3. The minimum absolute atomic E-state index is 0.0101. The fraction of sp³-hybridized carbons (Fsp3) is 0.333. The van der Waals surface area contributed by atoms with Crippen LogP contribution in [0.4, 0.5) is 0 Å². The molecule has 0 spiro atoms. The second kappa shape index (κ2) is 7.61. The molecule has 1 atom stereocenters. The number of carbonyl (C=O) groups excluding carboxylic acids is 1. The van der Waals surface area contributed by atoms with Gasteiger partial charge in [0, 0.05) is 11.6 Å². The Morgan fingerprint density at radius 2 is 1.90 bits per heavy atom. The van der Waals surface area contributed by atoms with Crippen LogP contribution in [0, 0.1) is 5.92 Å². The Bertz CT molecular complexity index is 1120. The molecule has 29 heavy (non-hydrogen) atoms. The van der Waals surface area contributed by atoms with Gasteiger partial charge in [-0.15, -0.1) is 0 Å². The first-order valence-electron chi connectivity index (χ1n) is 9.71. The fourth-order valence-corrected chi connectivity index (χ4v) is 4.54. The van der Waals surface area contributed by atoms with Gasteiger partial charge in [0.2, 0.25) is 10.0 Å². The van der Waals surface area contributed by atoms with Gasteiger partial charge in [0.05, 0.1) is 22.0 Å². The number of carbonyl (C=O) groups is 1. The number of aromatic nitrogens is 2. The standard InChI is InChI=1S/C21H24N4O3S/c1-13(2)19(20-22-17-8-3-4-9-18(17)23-20)24-21(26)14-6-5-7-16(12-14)29(27,28)25-15-10-11-15/h3-9,12-13,15,19,25H,10-11H2,1-2H3,(H,22,23)(H,24,26)/t19-/m0/s1. The Kier molecular flexibility index (Phi) is 5.14. The van der Waals surface area contributed by atoms with Gasteiger partial charge in [-0.05, 0) is 49.1 Å². The lowest BCUT2D eigenvalue weighted by atomic mass is 10.0. The first kappa shape index (κ1) is 19.6. The van der Waals surface area contributed by atoms with Gasteiger partial charge < -0.3 is 10.3 Å². The minimum Gasteiger partial charge on any atom is -0.342 e. The van der Waals surface area contributed by atoms with Crippen molar-refractivity contribution in [1.82, 2.24) is 20.0 Å². The van der Waals surface area contributed by atoms with E-state index in [4.69, 9.17) is 0 Å². The molecule has 0 bridgehead atoms. The number of fused-ring (bicyclic) bond motifs is 1. The van der Waals surface area contributed by atoms with Crippen LogP contribution in [0.5, 0.6) is 0 Å². The first-order chi connectivity index (χ1) is 13.8. The van der Waals surface area contributed by atoms with Crippen molar-refractivity contribution in [3.63, 3.8) is 0 Å². The molecule has 1 heterocycles. The van der Waals surface area contributed by atoms with Gasteiger partial charge >= 0.3 is 0 Å². The molecule has 0 radical (unpaired) electrons. The molecule has 1 saturated carbocycles. The predicted molar refractivity (Wildman–Crippen MR) is 111 cm³/mol. The molecule has 7 nitrogen and oxygen atoms in total. The lowest BCUT2D eigenvalue weighted by Crippen LogP contribution is -2.33. The number of para-hydroxylation sites is 2. The third kappa shape index (κ3) is 4.33. The lowest BCUT2D eigenvalue weighted by molar-refractivity contribution is 0.0923. The molecule has 0 saturated heterocycles. The van der Waals surface area contributed by atoms with E-state index in [9.17, 15) is 13.2 Å². The number of nitrogens with one attached hydrogen (secondary N) is 3. The maximum absolute atomic E-state index is 12.9. The summed E-state index contributed by atoms with van der Waals surface area (Å²) in [5, 5.41) is 2.99. The number of rotatable bonds is 7. The minimum atomic E-state index is -3.62. The van der Waals surface area contributed by atoms with E-state index in [1.165, 1.54) is 12.1 Å². The molecule has 0 aliphatic heterocycles. The molecular formula is C21H24N4O3S. The Labute approximate surface area is 170 Å². The highest BCUT2D eigenvalue weighted by atomic mass is 32.2. The summed E-state index contributed by atoms with van der Waals surface area (Å²) in [6, 6.07) is 13.5. The highest BCUT2D eigenvalue weighted by Gasteiger charge is 2.28. The molecule has 8 heteroatoms. The summed E-state index contributed by atoms with van der Waals surface area (Å²) in [5.74, 6) is 0.421. The quantitative estimate of drug-likeness (QED) is 0.554. The fourth-order valence-electron chi connectivity index (χ4n) is 3.19. The first-order valence-corrected chi connectivity index (χ1v) is 11.2. The van der Waals surface area contributed by atoms with E-state index in [0.29, 0.717) is 11.4 Å². The van der Waals surface area contributed by atoms with Crippen LogP contribution in [0.15, 0.2) is 53.4 Å². The molecule has 1 fully saturated rings. The van der Waals surface area contributed by atoms with Crippen molar-refractivity contribution in [2.75, 3.05) is 0 Å². The van der Waals surface area contributed by atoms with Crippen molar-refractivity contribution in [3.05, 3.63) is 59.9 Å². The van der Waals surface area contributed by atoms with E-state index in [1.54, 1.807) is 12.1 Å². The van der Waals surface area contributed by atoms with Gasteiger partial charge in [-0.25, -0.2) is 18.1 Å². The number of hydrogen-bond acceptors (Lipinski definition) is 4. The van der Waals surface area contributed by atoms with E-state index in [2.05, 4.69) is 20.0 Å². The third-order valence-electron chi connectivity index (χ3n) is 4.96. The summed E-state index contributed by atoms with van der Waals surface area (Å²) < 4.78 is 27.5. The van der Waals surface area contributed by atoms with Crippen LogP contribution in [-0.4, -0.2) is 30.3 Å². The van der Waals surface area contributed by atoms with Crippen LogP contribution >= 0.6 is 0 Å². The SMILES string of the molecule is CC(C)[C@H](NC(=O)c1cccc(S(=O)(=O)NC2CC2)c1)c1nc2ccccc2[nH]1. The molecule has 1 aliphatic rings. The second-order valence-corrected chi connectivity index (χ2v) is 9.47. The van der Waals surface area contributed by atoms with E-state index in [0.717, 1.165) is 23.9 Å². The number of sulfonamides is 1. The highest BCUT2D eigenvalue weighted by Crippen LogP contribution is 2.24. The van der Waals surface area contributed by atoms with E-state index in [-0.39, 0.29) is 28.8 Å². The number of imidazole rings is 1. The lowest BCUT2D eigenvalue weighted by Gasteiger charge is -2.20. The van der Waals surface area contributed by atoms with Crippen molar-refractivity contribution in [2.24, 2.45) is 5.92 Å². The molecule has 3 N–H and O–H groups in total. The van der Waals surface area contributed by atoms with Crippen molar-refractivity contribution in [1.29, 1.82) is 0 Å². The van der Waals surface area contributed by atoms with Crippen LogP contribution in [0.3, 0.4) is 0 Å². The maximum Gasteiger partial charge on any atom is 0.251 e. The van der Waals surface area contributed by atoms with Gasteiger partial charge in [0.1, 0.15) is 5.82 Å². The number of amides is 1. The Morgan fingerprint density at radius 1 is 1.14 bits per heavy atom. The highest BCUT2D eigenvalue weighted by molar-refractivity contribution is 7.89. The molecule has 0 unspecified atom stereocenters. The van der Waals surface area contributed by atoms with Gasteiger partial charge in [0.15, 0.2) is 0 Å². The second-order valence-electron chi connectivity index (χ2n) is 7.76. The molecule has 1 aromatic heterocycles. The number of hydrogen-bond donors (Lipinski definition) is 3. The maximum atomic E-state index is 12.9. The smallest absolute Gasteiger partial charge is 0.251 e. The van der Waals surface area contributed by atoms with E-state index in [1.807, 2.05) is 38.1 Å². The predicted octanol–water partition coefficient (Wildman–Crippen LogP) is 3.13. The number of nitrogens with zero attached hydrogens (tertiary/aromatic N) is 1. The number of H-pyrrole nitrogens is 1. The topological polar surface area (TPSA) is 104 Å². The molecule has 2 aromatic carbocycles. The van der Waals surface area contributed by atoms with Crippen LogP contribution in [0.2, 0.25) is 0 Å². The van der Waals surface area contributed by atoms with E-state index < -0.39 is 10.0 Å². The molecule has 3 aromatic rings. The van der Waals surface area contributed by atoms with E-state index >= 15 is 0 Å². The summed E-state index contributed by atoms with van der Waals surface area (Å²) in [6.45, 7) is 4.00. The molecule has 1 aliphatic carbocycles. The average molecular weight is 413 g/mol. The third-order valence-corrected chi connectivity index (χ3v) is 6.48. The van der Waals surface area contributed by atoms with Gasteiger partial charge in [-0.2, -0.15) is 0 Å². The Balaban J connectivity index is 1.57. The van der Waals surface area contributed by atoms with Crippen LogP contribution in [0.1, 0.15) is 48.9 Å². The average Bonchev–Trinajstić information content (AvgIpc) is 3.39. The van der Waals surface area contributed by atoms with Crippen LogP contribution < -0.4 is 10.0 Å². The van der Waals surface area contributed by atoms with Crippen molar-refractivity contribution >= 4 is 27.0 Å². The monoisotopic (exact) mass is 412 g/mol. The van der Waals surface area contributed by atoms with Gasteiger partial charge in [-0.3, -0.25) is 4.79 Å². The normalized spacial score (nSPS) is 15.6. The van der Waals surface area contributed by atoms with Crippen LogP contribution in [0.25, 0.3) is 11.0 Å². The summed E-state index contributed by atoms with van der Waals surface area (Å²) in [7, 11) is -3.62. The Morgan fingerprint density at radius 3 is 2.59 bits per heavy atom. The zero-order chi connectivity index (χ0) is 20.6. The number of aromatic amines is 1. The molecule has 4 rings (SSSR count). The zero-order valence-corrected chi connectivity index (χ0v) is 17.2. The largest absolute Gasteiger partial charge is 0.342 e. The molecular weight excluding hydrogens is 388 g/mol. The molecule has 152 valence electrons. The Hall–Kier alpha value is -2.71. The summed E-state index contributed by atoms with van der Waals surface area (Å²) in [5.41, 5.74) is 2.04.